The van der Waals surface area contributed by atoms with Crippen molar-refractivity contribution in [1.29, 1.82) is 0 Å². The third-order valence-corrected chi connectivity index (χ3v) is 4.29. The van der Waals surface area contributed by atoms with Gasteiger partial charge in [0.25, 0.3) is 0 Å². The number of methoxy groups -OCH3 is 1. The van der Waals surface area contributed by atoms with E-state index in [1.165, 1.54) is 11.1 Å². The van der Waals surface area contributed by atoms with Gasteiger partial charge in [0.2, 0.25) is 0 Å². The molecule has 20 heavy (non-hydrogen) atoms. The predicted octanol–water partition coefficient (Wildman–Crippen LogP) is 2.34. The van der Waals surface area contributed by atoms with Crippen LogP contribution in [0.4, 0.5) is 0 Å². The van der Waals surface area contributed by atoms with E-state index in [0.29, 0.717) is 0 Å². The van der Waals surface area contributed by atoms with Crippen molar-refractivity contribution < 1.29 is 9.47 Å². The molecule has 1 heterocycles. The van der Waals surface area contributed by atoms with Crippen molar-refractivity contribution >= 4 is 0 Å². The third kappa shape index (κ3) is 3.20. The molecule has 0 aliphatic carbocycles. The monoisotopic (exact) mass is 278 g/mol. The van der Waals surface area contributed by atoms with Crippen molar-refractivity contribution in [1.82, 2.24) is 5.43 Å². The Balaban J connectivity index is 2.21. The van der Waals surface area contributed by atoms with Crippen LogP contribution >= 0.6 is 0 Å². The first-order valence-electron chi connectivity index (χ1n) is 7.43. The number of hydrogen-bond donors (Lipinski definition) is 2. The predicted molar refractivity (Wildman–Crippen MR) is 80.3 cm³/mol. The van der Waals surface area contributed by atoms with E-state index in [1.807, 2.05) is 0 Å². The third-order valence-electron chi connectivity index (χ3n) is 4.29. The van der Waals surface area contributed by atoms with E-state index in [2.05, 4.69) is 36.6 Å². The number of nitrogens with one attached hydrogen (secondary N) is 1. The molecule has 0 spiro atoms. The molecule has 0 aromatic heterocycles. The second-order valence-electron chi connectivity index (χ2n) is 5.47. The lowest BCUT2D eigenvalue weighted by molar-refractivity contribution is -0.111. The van der Waals surface area contributed by atoms with Gasteiger partial charge in [-0.2, -0.15) is 0 Å². The zero-order valence-electron chi connectivity index (χ0n) is 12.5. The van der Waals surface area contributed by atoms with E-state index in [0.717, 1.165) is 38.9 Å². The van der Waals surface area contributed by atoms with Gasteiger partial charge in [-0.05, 0) is 17.5 Å². The molecule has 3 N–H and O–H groups in total. The molecule has 2 rings (SSSR count). The maximum Gasteiger partial charge on any atom is 0.0929 e. The molecule has 1 aromatic carbocycles. The molecule has 4 heteroatoms. The van der Waals surface area contributed by atoms with E-state index in [9.17, 15) is 0 Å². The molecule has 0 bridgehead atoms. The second kappa shape index (κ2) is 7.18. The van der Waals surface area contributed by atoms with Crippen molar-refractivity contribution in [3.05, 3.63) is 35.4 Å². The summed E-state index contributed by atoms with van der Waals surface area (Å²) in [6.07, 6.45) is 3.99. The molecule has 1 aromatic rings. The molecule has 0 radical (unpaired) electrons. The number of hydrogen-bond acceptors (Lipinski definition) is 4. The average Bonchev–Trinajstić information content (AvgIpc) is 2.51. The van der Waals surface area contributed by atoms with Gasteiger partial charge in [-0.1, -0.05) is 37.6 Å². The number of rotatable bonds is 6. The highest BCUT2D eigenvalue weighted by molar-refractivity contribution is 5.27. The lowest BCUT2D eigenvalue weighted by atomic mass is 9.82. The van der Waals surface area contributed by atoms with Crippen LogP contribution in [0.15, 0.2) is 24.3 Å². The summed E-state index contributed by atoms with van der Waals surface area (Å²) in [6, 6.07) is 8.68. The Morgan fingerprint density at radius 1 is 1.30 bits per heavy atom. The molecular formula is C16H26N2O2. The van der Waals surface area contributed by atoms with Crippen LogP contribution in [-0.2, 0) is 15.9 Å². The van der Waals surface area contributed by atoms with Crippen molar-refractivity contribution in [2.24, 2.45) is 5.84 Å². The van der Waals surface area contributed by atoms with E-state index in [4.69, 9.17) is 15.3 Å². The summed E-state index contributed by atoms with van der Waals surface area (Å²) in [4.78, 5) is 0. The van der Waals surface area contributed by atoms with E-state index >= 15 is 0 Å². The Bertz CT molecular complexity index is 399. The topological polar surface area (TPSA) is 56.5 Å². The maximum atomic E-state index is 5.84. The van der Waals surface area contributed by atoms with Gasteiger partial charge in [0, 0.05) is 33.2 Å². The second-order valence-corrected chi connectivity index (χ2v) is 5.47. The smallest absolute Gasteiger partial charge is 0.0929 e. The van der Waals surface area contributed by atoms with Gasteiger partial charge >= 0.3 is 0 Å². The molecule has 0 saturated carbocycles. The summed E-state index contributed by atoms with van der Waals surface area (Å²) in [5.74, 6) is 5.82. The fourth-order valence-corrected chi connectivity index (χ4v) is 3.04. The first kappa shape index (κ1) is 15.4. The van der Waals surface area contributed by atoms with Gasteiger partial charge in [-0.25, -0.2) is 0 Å². The Morgan fingerprint density at radius 3 is 2.45 bits per heavy atom. The van der Waals surface area contributed by atoms with E-state index < -0.39 is 0 Å². The number of benzene rings is 1. The summed E-state index contributed by atoms with van der Waals surface area (Å²) in [7, 11) is 1.76. The van der Waals surface area contributed by atoms with Gasteiger partial charge in [0.1, 0.15) is 0 Å². The Kier molecular flexibility index (Phi) is 5.54. The van der Waals surface area contributed by atoms with E-state index in [-0.39, 0.29) is 11.6 Å². The normalized spacial score (nSPS) is 19.8. The van der Waals surface area contributed by atoms with Crippen molar-refractivity contribution in [2.45, 2.75) is 44.2 Å². The maximum absolute atomic E-state index is 5.84. The van der Waals surface area contributed by atoms with Crippen molar-refractivity contribution in [3.63, 3.8) is 0 Å². The first-order valence-corrected chi connectivity index (χ1v) is 7.43. The minimum Gasteiger partial charge on any atom is -0.381 e. The van der Waals surface area contributed by atoms with Crippen LogP contribution in [0.3, 0.4) is 0 Å². The summed E-state index contributed by atoms with van der Waals surface area (Å²) < 4.78 is 11.3. The highest BCUT2D eigenvalue weighted by Crippen LogP contribution is 2.36. The van der Waals surface area contributed by atoms with Crippen LogP contribution in [0, 0.1) is 0 Å². The first-order chi connectivity index (χ1) is 9.75. The summed E-state index contributed by atoms with van der Waals surface area (Å²) in [6.45, 7) is 3.64. The fourth-order valence-electron chi connectivity index (χ4n) is 3.04. The Morgan fingerprint density at radius 2 is 1.95 bits per heavy atom. The van der Waals surface area contributed by atoms with Crippen LogP contribution in [0.1, 0.15) is 43.4 Å². The lowest BCUT2D eigenvalue weighted by Crippen LogP contribution is -2.51. The fraction of sp³-hybridized carbons (Fsp3) is 0.625. The summed E-state index contributed by atoms with van der Waals surface area (Å²) in [5, 5.41) is 0. The van der Waals surface area contributed by atoms with Gasteiger partial charge in [-0.15, -0.1) is 0 Å². The van der Waals surface area contributed by atoms with Crippen LogP contribution < -0.4 is 11.3 Å². The molecule has 1 atom stereocenters. The zero-order valence-corrected chi connectivity index (χ0v) is 12.5. The number of nitrogens with two attached hydrogens (primary N) is 1. The SMILES string of the molecule is CCCc1ccc(C(NN)C2(OC)CCOCC2)cc1. The lowest BCUT2D eigenvalue weighted by Gasteiger charge is -2.42. The quantitative estimate of drug-likeness (QED) is 0.619. The van der Waals surface area contributed by atoms with E-state index in [1.54, 1.807) is 7.11 Å². The number of aryl methyl sites for hydroxylation is 1. The van der Waals surface area contributed by atoms with Crippen molar-refractivity contribution in [2.75, 3.05) is 20.3 Å². The molecule has 0 amide bonds. The Hall–Kier alpha value is -0.940. The molecule has 112 valence electrons. The van der Waals surface area contributed by atoms with Gasteiger partial charge < -0.3 is 9.47 Å². The van der Waals surface area contributed by atoms with Crippen LogP contribution in [-0.4, -0.2) is 25.9 Å². The highest BCUT2D eigenvalue weighted by atomic mass is 16.5. The highest BCUT2D eigenvalue weighted by Gasteiger charge is 2.41. The van der Waals surface area contributed by atoms with Gasteiger partial charge in [0.15, 0.2) is 0 Å². The van der Waals surface area contributed by atoms with Crippen LogP contribution in [0.2, 0.25) is 0 Å². The van der Waals surface area contributed by atoms with Gasteiger partial charge in [0.05, 0.1) is 11.6 Å². The minimum absolute atomic E-state index is 0.00734. The molecule has 1 aliphatic heterocycles. The van der Waals surface area contributed by atoms with Crippen molar-refractivity contribution in [3.8, 4) is 0 Å². The molecule has 1 fully saturated rings. The van der Waals surface area contributed by atoms with Crippen LogP contribution in [0.25, 0.3) is 0 Å². The number of hydrazine groups is 1. The number of ether oxygens (including phenoxy) is 2. The largest absolute Gasteiger partial charge is 0.381 e. The Labute approximate surface area is 121 Å². The minimum atomic E-state index is -0.278. The molecule has 1 aliphatic rings. The average molecular weight is 278 g/mol. The molecule has 4 nitrogen and oxygen atoms in total. The summed E-state index contributed by atoms with van der Waals surface area (Å²) >= 11 is 0. The molecule has 1 saturated heterocycles. The van der Waals surface area contributed by atoms with Gasteiger partial charge in [-0.3, -0.25) is 11.3 Å². The summed E-state index contributed by atoms with van der Waals surface area (Å²) in [5.41, 5.74) is 5.22. The van der Waals surface area contributed by atoms with Crippen LogP contribution in [0.5, 0.6) is 0 Å². The molecular weight excluding hydrogens is 252 g/mol. The molecule has 1 unspecified atom stereocenters. The zero-order chi connectivity index (χ0) is 14.4. The standard InChI is InChI=1S/C16H26N2O2/c1-3-4-13-5-7-14(8-6-13)15(18-17)16(19-2)9-11-20-12-10-16/h5-8,15,18H,3-4,9-12,17H2,1-2H3.